The molecule has 2 heterocycles. The minimum atomic E-state index is 0.221. The van der Waals surface area contributed by atoms with Crippen molar-refractivity contribution >= 4 is 57.2 Å². The third-order valence-electron chi connectivity index (χ3n) is 14.4. The van der Waals surface area contributed by atoms with Crippen molar-refractivity contribution < 1.29 is 0 Å². The van der Waals surface area contributed by atoms with E-state index < -0.39 is 0 Å². The van der Waals surface area contributed by atoms with Crippen molar-refractivity contribution in [1.29, 1.82) is 0 Å². The Morgan fingerprint density at radius 3 is 1.72 bits per heavy atom. The van der Waals surface area contributed by atoms with Crippen molar-refractivity contribution in [1.82, 2.24) is 0 Å². The topological polar surface area (TPSA) is 6.48 Å². The van der Waals surface area contributed by atoms with E-state index in [2.05, 4.69) is 89.5 Å². The van der Waals surface area contributed by atoms with Crippen LogP contribution < -0.4 is 26.2 Å². The Kier molecular flexibility index (Phi) is 8.29. The molecule has 0 spiro atoms. The molecule has 0 bridgehead atoms. The fraction of sp³-hybridized carbons (Fsp3) is 0.412. The predicted octanol–water partition coefficient (Wildman–Crippen LogP) is 11.2. The molecule has 54 heavy (non-hydrogen) atoms. The van der Waals surface area contributed by atoms with Crippen molar-refractivity contribution in [3.05, 3.63) is 123 Å². The van der Waals surface area contributed by atoms with E-state index in [9.17, 15) is 0 Å². The summed E-state index contributed by atoms with van der Waals surface area (Å²) in [5.41, 5.74) is 27.3. The normalized spacial score (nSPS) is 18.7. The van der Waals surface area contributed by atoms with Gasteiger partial charge in [0.05, 0.1) is 0 Å². The Morgan fingerprint density at radius 2 is 0.981 bits per heavy atom. The van der Waals surface area contributed by atoms with Crippen LogP contribution in [0.3, 0.4) is 0 Å². The first-order valence-electron chi connectivity index (χ1n) is 22.0. The quantitative estimate of drug-likeness (QED) is 0.130. The molecule has 0 saturated heterocycles. The fourth-order valence-electron chi connectivity index (χ4n) is 11.8. The van der Waals surface area contributed by atoms with Crippen molar-refractivity contribution in [2.24, 2.45) is 0 Å². The average molecular weight is 707 g/mol. The lowest BCUT2D eigenvalue weighted by Crippen LogP contribution is -2.62. The molecule has 5 aromatic rings. The summed E-state index contributed by atoms with van der Waals surface area (Å²) in [6.07, 6.45) is 25.4. The first kappa shape index (κ1) is 33.1. The molecule has 2 aliphatic heterocycles. The molecule has 0 fully saturated rings. The monoisotopic (exact) mass is 706 g/mol. The summed E-state index contributed by atoms with van der Waals surface area (Å²) in [5.74, 6) is 0. The van der Waals surface area contributed by atoms with E-state index in [1.165, 1.54) is 184 Å². The standard InChI is InChI=1S/C51H55BN2/c1-34-29-48-50-49(30-34)54(46-24-14-21-36-16-7-4-12-22-42(36)46)51-43-23-13-5-8-17-37(43)26-28-44(51)52(50)45-32-39-19-10-3-11-20-40(39)33-47(45)53(48)41-27-25-35-15-6-2-9-18-38(35)31-41/h14,21,24-33H,2-13,15-20,22-23H2,1H3. The molecule has 6 aliphatic rings. The van der Waals surface area contributed by atoms with Crippen LogP contribution in [0.1, 0.15) is 127 Å². The van der Waals surface area contributed by atoms with E-state index in [1.807, 2.05) is 0 Å². The van der Waals surface area contributed by atoms with Gasteiger partial charge >= 0.3 is 0 Å². The largest absolute Gasteiger partial charge is 0.311 e. The molecule has 0 atom stereocenters. The maximum absolute atomic E-state index is 2.83. The van der Waals surface area contributed by atoms with Gasteiger partial charge in [-0.25, -0.2) is 0 Å². The first-order valence-corrected chi connectivity index (χ1v) is 22.0. The Bertz CT molecular complexity index is 2300. The number of benzene rings is 5. The number of hydrogen-bond acceptors (Lipinski definition) is 2. The van der Waals surface area contributed by atoms with Crippen LogP contribution in [0.5, 0.6) is 0 Å². The molecule has 2 nitrogen and oxygen atoms in total. The van der Waals surface area contributed by atoms with Gasteiger partial charge in [0.15, 0.2) is 0 Å². The Labute approximate surface area is 324 Å². The molecule has 272 valence electrons. The highest BCUT2D eigenvalue weighted by atomic mass is 15.2. The third kappa shape index (κ3) is 5.35. The van der Waals surface area contributed by atoms with Crippen LogP contribution in [0.25, 0.3) is 0 Å². The second-order valence-electron chi connectivity index (χ2n) is 17.8. The molecule has 0 unspecified atom stereocenters. The van der Waals surface area contributed by atoms with Crippen molar-refractivity contribution in [2.45, 2.75) is 135 Å². The molecular weight excluding hydrogens is 651 g/mol. The van der Waals surface area contributed by atoms with Crippen LogP contribution in [-0.2, 0) is 51.4 Å². The van der Waals surface area contributed by atoms with E-state index >= 15 is 0 Å². The van der Waals surface area contributed by atoms with Gasteiger partial charge in [-0.1, -0.05) is 62.1 Å². The summed E-state index contributed by atoms with van der Waals surface area (Å²) < 4.78 is 0. The van der Waals surface area contributed by atoms with E-state index in [4.69, 9.17) is 0 Å². The Balaban J connectivity index is 1.23. The third-order valence-corrected chi connectivity index (χ3v) is 14.4. The van der Waals surface area contributed by atoms with Crippen LogP contribution in [0.15, 0.2) is 72.8 Å². The van der Waals surface area contributed by atoms with Gasteiger partial charge in [0.1, 0.15) is 0 Å². The van der Waals surface area contributed by atoms with Crippen LogP contribution in [-0.4, -0.2) is 6.71 Å². The molecule has 0 saturated carbocycles. The Morgan fingerprint density at radius 1 is 0.407 bits per heavy atom. The number of fused-ring (bicyclic) bond motifs is 9. The van der Waals surface area contributed by atoms with E-state index in [0.29, 0.717) is 0 Å². The van der Waals surface area contributed by atoms with Gasteiger partial charge in [-0.3, -0.25) is 0 Å². The number of anilines is 6. The molecule has 3 heteroatoms. The van der Waals surface area contributed by atoms with Gasteiger partial charge in [-0.05, 0) is 213 Å². The average Bonchev–Trinajstić information content (AvgIpc) is 3.77. The van der Waals surface area contributed by atoms with Gasteiger partial charge in [-0.2, -0.15) is 0 Å². The minimum absolute atomic E-state index is 0.221. The minimum Gasteiger partial charge on any atom is -0.311 e. The fourth-order valence-corrected chi connectivity index (χ4v) is 11.8. The molecule has 11 rings (SSSR count). The molecular formula is C51H55BN2. The molecule has 0 amide bonds. The predicted molar refractivity (Wildman–Crippen MR) is 230 cm³/mol. The second kappa shape index (κ2) is 13.5. The van der Waals surface area contributed by atoms with Crippen molar-refractivity contribution in [3.8, 4) is 0 Å². The highest BCUT2D eigenvalue weighted by Gasteiger charge is 2.45. The summed E-state index contributed by atoms with van der Waals surface area (Å²) in [7, 11) is 0. The zero-order valence-corrected chi connectivity index (χ0v) is 32.5. The summed E-state index contributed by atoms with van der Waals surface area (Å²) in [5, 5.41) is 0. The van der Waals surface area contributed by atoms with Crippen LogP contribution >= 0.6 is 0 Å². The summed E-state index contributed by atoms with van der Waals surface area (Å²) >= 11 is 0. The highest BCUT2D eigenvalue weighted by Crippen LogP contribution is 2.49. The zero-order chi connectivity index (χ0) is 35.8. The maximum Gasteiger partial charge on any atom is 0.252 e. The molecule has 5 aromatic carbocycles. The first-order chi connectivity index (χ1) is 26.7. The van der Waals surface area contributed by atoms with Crippen LogP contribution in [0, 0.1) is 6.92 Å². The number of hydrogen-bond donors (Lipinski definition) is 0. The number of aryl methyl sites for hydroxylation is 7. The number of rotatable bonds is 2. The van der Waals surface area contributed by atoms with E-state index in [1.54, 1.807) is 44.5 Å². The second-order valence-corrected chi connectivity index (χ2v) is 17.8. The summed E-state index contributed by atoms with van der Waals surface area (Å²) in [6.45, 7) is 2.58. The maximum atomic E-state index is 2.83. The van der Waals surface area contributed by atoms with E-state index in [-0.39, 0.29) is 6.71 Å². The van der Waals surface area contributed by atoms with Crippen LogP contribution in [0.2, 0.25) is 0 Å². The van der Waals surface area contributed by atoms with Gasteiger partial charge in [0.25, 0.3) is 6.71 Å². The lowest BCUT2D eigenvalue weighted by molar-refractivity contribution is 0.711. The van der Waals surface area contributed by atoms with Crippen LogP contribution in [0.4, 0.5) is 34.1 Å². The van der Waals surface area contributed by atoms with Gasteiger partial charge in [-0.15, -0.1) is 0 Å². The number of nitrogens with zero attached hydrogens (tertiary/aromatic N) is 2. The van der Waals surface area contributed by atoms with Gasteiger partial charge in [0, 0.05) is 34.1 Å². The molecule has 4 aliphatic carbocycles. The van der Waals surface area contributed by atoms with Crippen molar-refractivity contribution in [3.63, 3.8) is 0 Å². The lowest BCUT2D eigenvalue weighted by atomic mass is 9.33. The SMILES string of the molecule is Cc1cc2c3c(c1)N(c1cccc4c1CCCCC4)c1c(ccc4c1CCCCC4)B3c1cc3c(cc1N2c1ccc2c(c1)CCCCC2)CCCCC3. The van der Waals surface area contributed by atoms with Gasteiger partial charge < -0.3 is 9.80 Å². The Hall–Kier alpha value is -4.24. The zero-order valence-electron chi connectivity index (χ0n) is 32.5. The lowest BCUT2D eigenvalue weighted by Gasteiger charge is -2.46. The van der Waals surface area contributed by atoms with Gasteiger partial charge in [0.2, 0.25) is 0 Å². The smallest absolute Gasteiger partial charge is 0.252 e. The molecule has 0 aromatic heterocycles. The molecule has 0 N–H and O–H groups in total. The highest BCUT2D eigenvalue weighted by molar-refractivity contribution is 7.00. The molecule has 0 radical (unpaired) electrons. The van der Waals surface area contributed by atoms with Crippen molar-refractivity contribution in [2.75, 3.05) is 9.80 Å². The summed E-state index contributed by atoms with van der Waals surface area (Å²) in [6, 6.07) is 30.5. The van der Waals surface area contributed by atoms with E-state index in [0.717, 1.165) is 0 Å². The summed E-state index contributed by atoms with van der Waals surface area (Å²) in [4.78, 5) is 5.56.